The van der Waals surface area contributed by atoms with Gasteiger partial charge in [0.2, 0.25) is 0 Å². The van der Waals surface area contributed by atoms with Gasteiger partial charge in [0.1, 0.15) is 0 Å². The second-order valence-electron chi connectivity index (χ2n) is 3.71. The summed E-state index contributed by atoms with van der Waals surface area (Å²) in [4.78, 5) is 0. The first-order chi connectivity index (χ1) is 5.22. The third kappa shape index (κ3) is 2.46. The molecule has 2 nitrogen and oxygen atoms in total. The van der Waals surface area contributed by atoms with Crippen molar-refractivity contribution in [2.24, 2.45) is 11.7 Å². The van der Waals surface area contributed by atoms with Gasteiger partial charge in [-0.25, -0.2) is 0 Å². The Morgan fingerprint density at radius 1 is 1.55 bits per heavy atom. The van der Waals surface area contributed by atoms with Crippen LogP contribution in [0.4, 0.5) is 0 Å². The van der Waals surface area contributed by atoms with Crippen LogP contribution in [0.3, 0.4) is 0 Å². The van der Waals surface area contributed by atoms with Gasteiger partial charge in [-0.2, -0.15) is 0 Å². The molecule has 1 saturated heterocycles. The van der Waals surface area contributed by atoms with Crippen LogP contribution in [-0.2, 0) is 0 Å². The van der Waals surface area contributed by atoms with E-state index >= 15 is 0 Å². The summed E-state index contributed by atoms with van der Waals surface area (Å²) in [5.74, 6) is 2.03. The van der Waals surface area contributed by atoms with Crippen molar-refractivity contribution in [3.05, 3.63) is 5.92 Å². The van der Waals surface area contributed by atoms with E-state index in [9.17, 15) is 0 Å². The van der Waals surface area contributed by atoms with Gasteiger partial charge in [-0.3, -0.25) is 0 Å². The molecule has 1 unspecified atom stereocenters. The summed E-state index contributed by atoms with van der Waals surface area (Å²) in [6.07, 6.45) is 2.57. The molecule has 1 aliphatic rings. The van der Waals surface area contributed by atoms with Crippen LogP contribution in [0.2, 0.25) is 0 Å². The minimum absolute atomic E-state index is 0.308. The highest BCUT2D eigenvalue weighted by Crippen LogP contribution is 2.18. The van der Waals surface area contributed by atoms with Gasteiger partial charge in [0, 0.05) is 6.04 Å². The van der Waals surface area contributed by atoms with Gasteiger partial charge in [-0.05, 0) is 37.8 Å². The van der Waals surface area contributed by atoms with Crippen LogP contribution in [-0.4, -0.2) is 19.1 Å². The van der Waals surface area contributed by atoms with Crippen LogP contribution in [0.15, 0.2) is 0 Å². The highest BCUT2D eigenvalue weighted by atomic mass is 14.9. The lowest BCUT2D eigenvalue weighted by molar-refractivity contribution is 0.329. The van der Waals surface area contributed by atoms with E-state index in [0.717, 1.165) is 6.54 Å². The fraction of sp³-hybridized carbons (Fsp3) is 0.889. The molecule has 0 aromatic rings. The normalized spacial score (nSPS) is 28.9. The SMILES string of the molecule is C[C](C)C(N)[C@@H]1CCCNC1. The van der Waals surface area contributed by atoms with Crippen molar-refractivity contribution in [3.8, 4) is 0 Å². The first-order valence-corrected chi connectivity index (χ1v) is 4.48. The molecule has 11 heavy (non-hydrogen) atoms. The van der Waals surface area contributed by atoms with E-state index in [1.807, 2.05) is 0 Å². The number of hydrogen-bond donors (Lipinski definition) is 2. The quantitative estimate of drug-likeness (QED) is 0.622. The van der Waals surface area contributed by atoms with Crippen LogP contribution < -0.4 is 11.1 Å². The molecule has 1 fully saturated rings. The molecule has 1 rings (SSSR count). The van der Waals surface area contributed by atoms with E-state index in [1.54, 1.807) is 0 Å². The Labute approximate surface area is 69.5 Å². The Balaban J connectivity index is 2.32. The van der Waals surface area contributed by atoms with E-state index in [4.69, 9.17) is 5.73 Å². The Bertz CT molecular complexity index is 106. The number of nitrogens with one attached hydrogen (secondary N) is 1. The van der Waals surface area contributed by atoms with E-state index < -0.39 is 0 Å². The van der Waals surface area contributed by atoms with E-state index in [1.165, 1.54) is 25.3 Å². The van der Waals surface area contributed by atoms with Crippen LogP contribution >= 0.6 is 0 Å². The maximum atomic E-state index is 6.01. The maximum Gasteiger partial charge on any atom is 0.0137 e. The summed E-state index contributed by atoms with van der Waals surface area (Å²) in [5, 5.41) is 3.38. The Morgan fingerprint density at radius 2 is 2.27 bits per heavy atom. The van der Waals surface area contributed by atoms with Gasteiger partial charge < -0.3 is 11.1 Å². The predicted octanol–water partition coefficient (Wildman–Crippen LogP) is 0.928. The lowest BCUT2D eigenvalue weighted by atomic mass is 9.86. The third-order valence-corrected chi connectivity index (χ3v) is 2.51. The fourth-order valence-corrected chi connectivity index (χ4v) is 1.66. The lowest BCUT2D eigenvalue weighted by Gasteiger charge is -2.30. The standard InChI is InChI=1S/C9H19N2/c1-7(2)9(10)8-4-3-5-11-6-8/h8-9,11H,3-6,10H2,1-2H3/t8-,9?/m1/s1. The minimum atomic E-state index is 0.308. The summed E-state index contributed by atoms with van der Waals surface area (Å²) in [6, 6.07) is 0.308. The molecule has 3 N–H and O–H groups in total. The van der Waals surface area contributed by atoms with Gasteiger partial charge in [0.25, 0.3) is 0 Å². The van der Waals surface area contributed by atoms with Crippen LogP contribution in [0.25, 0.3) is 0 Å². The number of nitrogens with two attached hydrogens (primary N) is 1. The van der Waals surface area contributed by atoms with E-state index in [2.05, 4.69) is 19.2 Å². The van der Waals surface area contributed by atoms with Gasteiger partial charge in [-0.15, -0.1) is 0 Å². The molecule has 2 atom stereocenters. The van der Waals surface area contributed by atoms with Crippen molar-refractivity contribution in [1.29, 1.82) is 0 Å². The van der Waals surface area contributed by atoms with Crippen molar-refractivity contribution < 1.29 is 0 Å². The summed E-state index contributed by atoms with van der Waals surface area (Å²) in [6.45, 7) is 6.52. The Hall–Kier alpha value is -0.0800. The predicted molar refractivity (Wildman–Crippen MR) is 48.2 cm³/mol. The van der Waals surface area contributed by atoms with E-state index in [0.29, 0.717) is 12.0 Å². The second-order valence-corrected chi connectivity index (χ2v) is 3.71. The first kappa shape index (κ1) is 9.01. The van der Waals surface area contributed by atoms with Crippen LogP contribution in [0.1, 0.15) is 26.7 Å². The smallest absolute Gasteiger partial charge is 0.0137 e. The van der Waals surface area contributed by atoms with Gasteiger partial charge in [0.15, 0.2) is 0 Å². The van der Waals surface area contributed by atoms with Crippen molar-refractivity contribution in [3.63, 3.8) is 0 Å². The maximum absolute atomic E-state index is 6.01. The highest BCUT2D eigenvalue weighted by molar-refractivity contribution is 4.96. The fourth-order valence-electron chi connectivity index (χ4n) is 1.66. The first-order valence-electron chi connectivity index (χ1n) is 4.48. The van der Waals surface area contributed by atoms with Crippen molar-refractivity contribution in [2.45, 2.75) is 32.7 Å². The van der Waals surface area contributed by atoms with Gasteiger partial charge in [-0.1, -0.05) is 13.8 Å². The van der Waals surface area contributed by atoms with Crippen LogP contribution in [0, 0.1) is 11.8 Å². The average Bonchev–Trinajstić information content (AvgIpc) is 2.05. The second kappa shape index (κ2) is 4.07. The van der Waals surface area contributed by atoms with E-state index in [-0.39, 0.29) is 0 Å². The molecular formula is C9H19N2. The Morgan fingerprint density at radius 3 is 2.73 bits per heavy atom. The molecule has 0 saturated carbocycles. The Kier molecular flexibility index (Phi) is 3.34. The molecule has 1 aliphatic heterocycles. The average molecular weight is 155 g/mol. The van der Waals surface area contributed by atoms with Crippen molar-refractivity contribution in [1.82, 2.24) is 5.32 Å². The highest BCUT2D eigenvalue weighted by Gasteiger charge is 2.22. The van der Waals surface area contributed by atoms with Crippen molar-refractivity contribution >= 4 is 0 Å². The van der Waals surface area contributed by atoms with Crippen molar-refractivity contribution in [2.75, 3.05) is 13.1 Å². The molecule has 0 bridgehead atoms. The lowest BCUT2D eigenvalue weighted by Crippen LogP contribution is -2.43. The number of piperidine rings is 1. The number of hydrogen-bond acceptors (Lipinski definition) is 2. The molecule has 1 radical (unpaired) electrons. The summed E-state index contributed by atoms with van der Waals surface area (Å²) >= 11 is 0. The number of rotatable bonds is 2. The van der Waals surface area contributed by atoms with Gasteiger partial charge >= 0.3 is 0 Å². The zero-order valence-corrected chi connectivity index (χ0v) is 7.56. The summed E-state index contributed by atoms with van der Waals surface area (Å²) < 4.78 is 0. The third-order valence-electron chi connectivity index (χ3n) is 2.51. The molecule has 0 aromatic heterocycles. The minimum Gasteiger partial charge on any atom is -0.327 e. The molecule has 0 amide bonds. The molecule has 65 valence electrons. The zero-order valence-electron chi connectivity index (χ0n) is 7.56. The molecule has 1 heterocycles. The van der Waals surface area contributed by atoms with Crippen LogP contribution in [0.5, 0.6) is 0 Å². The molecular weight excluding hydrogens is 136 g/mol. The molecule has 0 aromatic carbocycles. The monoisotopic (exact) mass is 155 g/mol. The topological polar surface area (TPSA) is 38.0 Å². The zero-order chi connectivity index (χ0) is 8.27. The summed E-state index contributed by atoms with van der Waals surface area (Å²) in [7, 11) is 0. The summed E-state index contributed by atoms with van der Waals surface area (Å²) in [5.41, 5.74) is 6.01. The molecule has 0 spiro atoms. The molecule has 2 heteroatoms. The largest absolute Gasteiger partial charge is 0.327 e. The van der Waals surface area contributed by atoms with Gasteiger partial charge in [0.05, 0.1) is 0 Å². The molecule has 0 aliphatic carbocycles.